The first kappa shape index (κ1) is 15.7. The Balaban J connectivity index is 1.70. The van der Waals surface area contributed by atoms with Crippen molar-refractivity contribution in [3.8, 4) is 0 Å². The Morgan fingerprint density at radius 1 is 1.18 bits per heavy atom. The molecule has 1 aliphatic carbocycles. The fourth-order valence-electron chi connectivity index (χ4n) is 2.64. The normalized spacial score (nSPS) is 15.7. The molecule has 0 radical (unpaired) electrons. The van der Waals surface area contributed by atoms with Gasteiger partial charge in [0.15, 0.2) is 0 Å². The van der Waals surface area contributed by atoms with Gasteiger partial charge in [-0.3, -0.25) is 10.1 Å². The van der Waals surface area contributed by atoms with E-state index in [2.05, 4.69) is 15.5 Å². The topological polar surface area (TPSA) is 54.9 Å². The second-order valence-corrected chi connectivity index (χ2v) is 7.21. The summed E-state index contributed by atoms with van der Waals surface area (Å²) < 4.78 is 0. The molecule has 7 heteroatoms. The largest absolute Gasteiger partial charge is 0.296 e. The Morgan fingerprint density at radius 2 is 1.95 bits per heavy atom. The number of amides is 1. The average Bonchev–Trinajstić information content (AvgIpc) is 2.96. The minimum Gasteiger partial charge on any atom is -0.296 e. The van der Waals surface area contributed by atoms with E-state index in [-0.39, 0.29) is 5.91 Å². The first-order valence-corrected chi connectivity index (χ1v) is 8.80. The number of rotatable bonds is 3. The second kappa shape index (κ2) is 6.94. The Morgan fingerprint density at radius 3 is 2.68 bits per heavy atom. The number of nitrogens with zero attached hydrogens (tertiary/aromatic N) is 2. The Labute approximate surface area is 142 Å². The van der Waals surface area contributed by atoms with E-state index in [1.54, 1.807) is 18.2 Å². The molecule has 1 amide bonds. The van der Waals surface area contributed by atoms with Crippen LogP contribution in [0.25, 0.3) is 0 Å². The fraction of sp³-hybridized carbons (Fsp3) is 0.400. The molecule has 0 atom stereocenters. The van der Waals surface area contributed by atoms with Gasteiger partial charge in [-0.2, -0.15) is 0 Å². The number of benzene rings is 1. The van der Waals surface area contributed by atoms with Crippen molar-refractivity contribution in [3.05, 3.63) is 38.8 Å². The summed E-state index contributed by atoms with van der Waals surface area (Å²) in [5.74, 6) is 0.184. The van der Waals surface area contributed by atoms with Crippen LogP contribution < -0.4 is 5.32 Å². The maximum atomic E-state index is 12.2. The molecule has 116 valence electrons. The van der Waals surface area contributed by atoms with Crippen LogP contribution in [0.1, 0.15) is 53.4 Å². The van der Waals surface area contributed by atoms with E-state index >= 15 is 0 Å². The summed E-state index contributed by atoms with van der Waals surface area (Å²) in [6, 6.07) is 4.78. The summed E-state index contributed by atoms with van der Waals surface area (Å²) in [4.78, 5) is 12.2. The van der Waals surface area contributed by atoms with Crippen molar-refractivity contribution < 1.29 is 4.79 Å². The van der Waals surface area contributed by atoms with Crippen LogP contribution in [0.15, 0.2) is 18.2 Å². The van der Waals surface area contributed by atoms with Gasteiger partial charge in [0.2, 0.25) is 5.13 Å². The predicted octanol–water partition coefficient (Wildman–Crippen LogP) is 5.14. The lowest BCUT2D eigenvalue weighted by molar-refractivity contribution is 0.102. The molecule has 0 spiro atoms. The van der Waals surface area contributed by atoms with Crippen LogP contribution in [0.5, 0.6) is 0 Å². The number of carbonyl (C=O) groups excluding carboxylic acids is 1. The molecular formula is C15H15Cl2N3OS. The molecule has 2 aromatic rings. The van der Waals surface area contributed by atoms with Gasteiger partial charge in [0.05, 0.1) is 10.6 Å². The van der Waals surface area contributed by atoms with Crippen LogP contribution in [0, 0.1) is 0 Å². The number of carbonyl (C=O) groups is 1. The third kappa shape index (κ3) is 3.59. The number of nitrogens with one attached hydrogen (secondary N) is 1. The molecule has 1 aromatic heterocycles. The van der Waals surface area contributed by atoms with Gasteiger partial charge in [-0.25, -0.2) is 0 Å². The first-order valence-electron chi connectivity index (χ1n) is 7.23. The number of aromatic nitrogens is 2. The highest BCUT2D eigenvalue weighted by molar-refractivity contribution is 7.15. The maximum Gasteiger partial charge on any atom is 0.259 e. The van der Waals surface area contributed by atoms with Crippen LogP contribution in [-0.4, -0.2) is 16.1 Å². The van der Waals surface area contributed by atoms with Gasteiger partial charge in [-0.05, 0) is 31.0 Å². The maximum absolute atomic E-state index is 12.2. The number of halogens is 2. The van der Waals surface area contributed by atoms with Crippen molar-refractivity contribution in [3.63, 3.8) is 0 Å². The quantitative estimate of drug-likeness (QED) is 0.828. The second-order valence-electron chi connectivity index (χ2n) is 5.36. The van der Waals surface area contributed by atoms with Crippen molar-refractivity contribution in [2.24, 2.45) is 0 Å². The Kier molecular flexibility index (Phi) is 4.96. The van der Waals surface area contributed by atoms with Gasteiger partial charge in [0.1, 0.15) is 5.01 Å². The molecule has 0 aliphatic heterocycles. The minimum absolute atomic E-state index is 0.298. The molecule has 0 bridgehead atoms. The Hall–Kier alpha value is -1.17. The highest BCUT2D eigenvalue weighted by Crippen LogP contribution is 2.35. The molecule has 0 unspecified atom stereocenters. The van der Waals surface area contributed by atoms with Gasteiger partial charge < -0.3 is 0 Å². The molecule has 0 saturated heterocycles. The van der Waals surface area contributed by atoms with E-state index in [0.29, 0.717) is 26.7 Å². The van der Waals surface area contributed by atoms with Crippen molar-refractivity contribution >= 4 is 45.6 Å². The molecular weight excluding hydrogens is 341 g/mol. The van der Waals surface area contributed by atoms with Crippen molar-refractivity contribution in [1.82, 2.24) is 10.2 Å². The van der Waals surface area contributed by atoms with Gasteiger partial charge in [0.25, 0.3) is 5.91 Å². The van der Waals surface area contributed by atoms with E-state index in [9.17, 15) is 4.79 Å². The number of hydrogen-bond donors (Lipinski definition) is 1. The highest BCUT2D eigenvalue weighted by Gasteiger charge is 2.20. The van der Waals surface area contributed by atoms with E-state index < -0.39 is 0 Å². The summed E-state index contributed by atoms with van der Waals surface area (Å²) in [7, 11) is 0. The molecule has 1 aromatic carbocycles. The summed E-state index contributed by atoms with van der Waals surface area (Å²) in [5, 5.41) is 13.4. The van der Waals surface area contributed by atoms with Crippen LogP contribution in [0.4, 0.5) is 5.13 Å². The van der Waals surface area contributed by atoms with Gasteiger partial charge in [-0.1, -0.05) is 53.8 Å². The smallest absolute Gasteiger partial charge is 0.259 e. The zero-order valence-electron chi connectivity index (χ0n) is 11.8. The lowest BCUT2D eigenvalue weighted by atomic mass is 9.90. The van der Waals surface area contributed by atoms with Crippen molar-refractivity contribution in [2.45, 2.75) is 38.0 Å². The third-order valence-corrected chi connectivity index (χ3v) is 5.34. The van der Waals surface area contributed by atoms with Gasteiger partial charge in [-0.15, -0.1) is 10.2 Å². The van der Waals surface area contributed by atoms with Crippen molar-refractivity contribution in [2.75, 3.05) is 5.32 Å². The molecule has 4 nitrogen and oxygen atoms in total. The zero-order valence-corrected chi connectivity index (χ0v) is 14.1. The van der Waals surface area contributed by atoms with Crippen LogP contribution in [0.3, 0.4) is 0 Å². The SMILES string of the molecule is O=C(Nc1nnc(C2CCCCC2)s1)c1ccc(Cl)cc1Cl. The molecule has 1 heterocycles. The molecule has 22 heavy (non-hydrogen) atoms. The van der Waals surface area contributed by atoms with E-state index in [1.807, 2.05) is 0 Å². The first-order chi connectivity index (χ1) is 10.6. The Bertz CT molecular complexity index is 683. The summed E-state index contributed by atoms with van der Waals surface area (Å²) in [6.07, 6.45) is 6.10. The molecule has 3 rings (SSSR count). The summed E-state index contributed by atoms with van der Waals surface area (Å²) >= 11 is 13.3. The fourth-order valence-corrected chi connectivity index (χ4v) is 4.04. The zero-order chi connectivity index (χ0) is 15.5. The summed E-state index contributed by atoms with van der Waals surface area (Å²) in [6.45, 7) is 0. The van der Waals surface area contributed by atoms with E-state index in [1.165, 1.54) is 30.6 Å². The molecule has 1 saturated carbocycles. The monoisotopic (exact) mass is 355 g/mol. The van der Waals surface area contributed by atoms with Crippen molar-refractivity contribution in [1.29, 1.82) is 0 Å². The average molecular weight is 356 g/mol. The number of hydrogen-bond acceptors (Lipinski definition) is 4. The van der Waals surface area contributed by atoms with Gasteiger partial charge in [0, 0.05) is 10.9 Å². The van der Waals surface area contributed by atoms with Crippen LogP contribution >= 0.6 is 34.5 Å². The standard InChI is InChI=1S/C15H15Cl2N3OS/c16-10-6-7-11(12(17)8-10)13(21)18-15-20-19-14(22-15)9-4-2-1-3-5-9/h6-9H,1-5H2,(H,18,20,21). The molecule has 1 N–H and O–H groups in total. The minimum atomic E-state index is -0.298. The summed E-state index contributed by atoms with van der Waals surface area (Å²) in [5.41, 5.74) is 0.375. The lowest BCUT2D eigenvalue weighted by Gasteiger charge is -2.18. The van der Waals surface area contributed by atoms with Crippen LogP contribution in [0.2, 0.25) is 10.0 Å². The predicted molar refractivity (Wildman–Crippen MR) is 90.2 cm³/mol. The lowest BCUT2D eigenvalue weighted by Crippen LogP contribution is -2.12. The highest BCUT2D eigenvalue weighted by atomic mass is 35.5. The third-order valence-electron chi connectivity index (χ3n) is 3.79. The van der Waals surface area contributed by atoms with E-state index in [0.717, 1.165) is 17.8 Å². The number of anilines is 1. The van der Waals surface area contributed by atoms with E-state index in [4.69, 9.17) is 23.2 Å². The van der Waals surface area contributed by atoms with Gasteiger partial charge >= 0.3 is 0 Å². The molecule has 1 fully saturated rings. The van der Waals surface area contributed by atoms with Crippen LogP contribution in [-0.2, 0) is 0 Å². The molecule has 1 aliphatic rings.